The summed E-state index contributed by atoms with van der Waals surface area (Å²) < 4.78 is 9.34. The van der Waals surface area contributed by atoms with Crippen molar-refractivity contribution in [2.24, 2.45) is 0 Å². The van der Waals surface area contributed by atoms with Crippen LogP contribution in [0.3, 0.4) is 0 Å². The number of rotatable bonds is 6. The minimum Gasteiger partial charge on any atom is -0.453 e. The molecule has 0 radical (unpaired) electrons. The zero-order valence-electron chi connectivity index (χ0n) is 30.3. The summed E-state index contributed by atoms with van der Waals surface area (Å²) in [4.78, 5) is 10.3. The second-order valence-electron chi connectivity index (χ2n) is 14.2. The largest absolute Gasteiger partial charge is 0.453 e. The topological polar surface area (TPSA) is 43.9 Å². The van der Waals surface area contributed by atoms with Crippen LogP contribution in [0.1, 0.15) is 0 Å². The molecule has 0 bridgehead atoms. The molecule has 3 aromatic heterocycles. The molecule has 0 unspecified atom stereocenters. The van der Waals surface area contributed by atoms with Crippen molar-refractivity contribution >= 4 is 43.7 Å². The predicted molar refractivity (Wildman–Crippen MR) is 231 cm³/mol. The first-order valence-corrected chi connectivity index (χ1v) is 18.9. The van der Waals surface area contributed by atoms with Gasteiger partial charge in [0.2, 0.25) is 0 Å². The molecular formula is C52H33N3O. The first kappa shape index (κ1) is 31.9. The van der Waals surface area contributed by atoms with Crippen LogP contribution in [0.15, 0.2) is 205 Å². The highest BCUT2D eigenvalue weighted by Gasteiger charge is 2.20. The molecule has 262 valence electrons. The lowest BCUT2D eigenvalue weighted by molar-refractivity contribution is 0.667. The van der Waals surface area contributed by atoms with Crippen molar-refractivity contribution in [3.8, 4) is 61.8 Å². The van der Waals surface area contributed by atoms with Crippen LogP contribution in [0.5, 0.6) is 0 Å². The Bertz CT molecular complexity index is 3160. The van der Waals surface area contributed by atoms with Gasteiger partial charge in [0.05, 0.1) is 28.1 Å². The zero-order chi connectivity index (χ0) is 37.0. The molecule has 56 heavy (non-hydrogen) atoms. The molecule has 0 aliphatic carbocycles. The Morgan fingerprint density at radius 3 is 1.55 bits per heavy atom. The van der Waals surface area contributed by atoms with Gasteiger partial charge in [-0.2, -0.15) is 0 Å². The van der Waals surface area contributed by atoms with E-state index in [1.54, 1.807) is 0 Å². The molecule has 0 aliphatic heterocycles. The van der Waals surface area contributed by atoms with Gasteiger partial charge in [-0.05, 0) is 41.0 Å². The van der Waals surface area contributed by atoms with Crippen LogP contribution in [0.4, 0.5) is 0 Å². The lowest BCUT2D eigenvalue weighted by Crippen LogP contribution is -1.97. The number of hydrogen-bond acceptors (Lipinski definition) is 3. The second-order valence-corrected chi connectivity index (χ2v) is 14.2. The Morgan fingerprint density at radius 2 is 0.857 bits per heavy atom. The first-order chi connectivity index (χ1) is 27.8. The highest BCUT2D eigenvalue weighted by Crippen LogP contribution is 2.42. The van der Waals surface area contributed by atoms with Crippen LogP contribution >= 0.6 is 0 Å². The minimum absolute atomic E-state index is 0.675. The molecule has 11 rings (SSSR count). The van der Waals surface area contributed by atoms with E-state index in [9.17, 15) is 0 Å². The molecule has 0 N–H and O–H groups in total. The summed E-state index contributed by atoms with van der Waals surface area (Å²) in [5, 5.41) is 4.49. The molecule has 0 saturated heterocycles. The monoisotopic (exact) mass is 715 g/mol. The van der Waals surface area contributed by atoms with Crippen molar-refractivity contribution in [2.45, 2.75) is 0 Å². The normalized spacial score (nSPS) is 11.6. The number of aromatic nitrogens is 3. The van der Waals surface area contributed by atoms with Crippen molar-refractivity contribution < 1.29 is 4.42 Å². The molecule has 0 fully saturated rings. The first-order valence-electron chi connectivity index (χ1n) is 18.9. The number of hydrogen-bond donors (Lipinski definition) is 0. The Morgan fingerprint density at radius 1 is 0.339 bits per heavy atom. The maximum absolute atomic E-state index is 7.00. The van der Waals surface area contributed by atoms with E-state index >= 15 is 0 Å². The van der Waals surface area contributed by atoms with Crippen LogP contribution in [-0.2, 0) is 0 Å². The third kappa shape index (κ3) is 5.31. The fourth-order valence-corrected chi connectivity index (χ4v) is 8.14. The van der Waals surface area contributed by atoms with Crippen molar-refractivity contribution in [1.82, 2.24) is 14.5 Å². The van der Waals surface area contributed by atoms with Crippen LogP contribution in [-0.4, -0.2) is 14.5 Å². The maximum atomic E-state index is 7.00. The Hall–Kier alpha value is -7.56. The van der Waals surface area contributed by atoms with E-state index in [2.05, 4.69) is 162 Å². The molecule has 3 heterocycles. The molecule has 8 aromatic carbocycles. The number of furan rings is 1. The SMILES string of the molecule is c1ccc(-c2ccc(-c3cccc4c3oc3c(-n5c6ccccc6c6ccc(-c7nc(-c8ccccc8)cc(-c8ccccc8)n7)cc65)cccc34)cc2)cc1. The van der Waals surface area contributed by atoms with Crippen LogP contribution in [0.2, 0.25) is 0 Å². The fourth-order valence-electron chi connectivity index (χ4n) is 8.14. The van der Waals surface area contributed by atoms with Gasteiger partial charge in [-0.3, -0.25) is 0 Å². The van der Waals surface area contributed by atoms with Gasteiger partial charge in [0, 0.05) is 43.8 Å². The molecule has 4 heteroatoms. The van der Waals surface area contributed by atoms with Crippen LogP contribution in [0.25, 0.3) is 106 Å². The predicted octanol–water partition coefficient (Wildman–Crippen LogP) is 13.8. The van der Waals surface area contributed by atoms with E-state index in [1.165, 1.54) is 16.5 Å². The maximum Gasteiger partial charge on any atom is 0.160 e. The van der Waals surface area contributed by atoms with E-state index < -0.39 is 0 Å². The van der Waals surface area contributed by atoms with E-state index in [1.807, 2.05) is 42.5 Å². The highest BCUT2D eigenvalue weighted by molar-refractivity contribution is 6.14. The van der Waals surface area contributed by atoms with Gasteiger partial charge in [-0.15, -0.1) is 0 Å². The average Bonchev–Trinajstić information content (AvgIpc) is 3.83. The van der Waals surface area contributed by atoms with Crippen molar-refractivity contribution in [3.05, 3.63) is 200 Å². The zero-order valence-corrected chi connectivity index (χ0v) is 30.3. The third-order valence-electron chi connectivity index (χ3n) is 10.8. The van der Waals surface area contributed by atoms with E-state index in [0.717, 1.165) is 83.3 Å². The van der Waals surface area contributed by atoms with Crippen molar-refractivity contribution in [2.75, 3.05) is 0 Å². The lowest BCUT2D eigenvalue weighted by Gasteiger charge is -2.11. The second kappa shape index (κ2) is 13.1. The van der Waals surface area contributed by atoms with Gasteiger partial charge in [0.25, 0.3) is 0 Å². The van der Waals surface area contributed by atoms with E-state index in [-0.39, 0.29) is 0 Å². The molecule has 0 amide bonds. The van der Waals surface area contributed by atoms with Gasteiger partial charge in [-0.25, -0.2) is 9.97 Å². The van der Waals surface area contributed by atoms with Crippen LogP contribution in [0, 0.1) is 0 Å². The fraction of sp³-hybridized carbons (Fsp3) is 0. The van der Waals surface area contributed by atoms with Gasteiger partial charge in [0.15, 0.2) is 11.4 Å². The van der Waals surface area contributed by atoms with Gasteiger partial charge < -0.3 is 8.98 Å². The Labute approximate surface area is 323 Å². The third-order valence-corrected chi connectivity index (χ3v) is 10.8. The van der Waals surface area contributed by atoms with Gasteiger partial charge in [0.1, 0.15) is 5.58 Å². The van der Waals surface area contributed by atoms with Crippen LogP contribution < -0.4 is 0 Å². The van der Waals surface area contributed by atoms with Crippen molar-refractivity contribution in [3.63, 3.8) is 0 Å². The molecule has 0 spiro atoms. The standard InChI is InChI=1S/C52H33N3O/c1-4-14-34(15-5-1)35-26-28-36(29-27-35)40-21-12-22-43-44-23-13-25-48(51(44)56-50(40)43)55-47-24-11-10-20-41(47)42-31-30-39(32-49(42)55)52-53-45(37-16-6-2-7-17-37)33-46(54-52)38-18-8-3-9-19-38/h1-33H. The molecule has 4 nitrogen and oxygen atoms in total. The van der Waals surface area contributed by atoms with Gasteiger partial charge >= 0.3 is 0 Å². The summed E-state index contributed by atoms with van der Waals surface area (Å²) in [5.74, 6) is 0.675. The smallest absolute Gasteiger partial charge is 0.160 e. The molecule has 0 aliphatic rings. The lowest BCUT2D eigenvalue weighted by atomic mass is 9.99. The van der Waals surface area contributed by atoms with Crippen molar-refractivity contribution in [1.29, 1.82) is 0 Å². The minimum atomic E-state index is 0.675. The number of nitrogens with zero attached hydrogens (tertiary/aromatic N) is 3. The summed E-state index contributed by atoms with van der Waals surface area (Å²) in [7, 11) is 0. The summed E-state index contributed by atoms with van der Waals surface area (Å²) in [5.41, 5.74) is 14.2. The summed E-state index contributed by atoms with van der Waals surface area (Å²) >= 11 is 0. The van der Waals surface area contributed by atoms with E-state index in [0.29, 0.717) is 5.82 Å². The molecular weight excluding hydrogens is 683 g/mol. The van der Waals surface area contributed by atoms with E-state index in [4.69, 9.17) is 14.4 Å². The van der Waals surface area contributed by atoms with Gasteiger partial charge in [-0.1, -0.05) is 176 Å². The number of para-hydroxylation sites is 3. The highest BCUT2D eigenvalue weighted by atomic mass is 16.3. The number of benzene rings is 8. The summed E-state index contributed by atoms with van der Waals surface area (Å²) in [6.07, 6.45) is 0. The molecule has 0 saturated carbocycles. The summed E-state index contributed by atoms with van der Waals surface area (Å²) in [6.45, 7) is 0. The quantitative estimate of drug-likeness (QED) is 0.172. The molecule has 0 atom stereocenters. The average molecular weight is 716 g/mol. The molecule has 11 aromatic rings. The summed E-state index contributed by atoms with van der Waals surface area (Å²) in [6, 6.07) is 70.1. The number of fused-ring (bicyclic) bond motifs is 6. The Balaban J connectivity index is 1.10. The Kier molecular flexibility index (Phi) is 7.46.